The number of aliphatic carboxylic acids is 2. The molecule has 1 saturated heterocycles. The van der Waals surface area contributed by atoms with Crippen LogP contribution >= 0.6 is 0 Å². The van der Waals surface area contributed by atoms with Crippen LogP contribution in [0.15, 0.2) is 18.2 Å². The Labute approximate surface area is 169 Å². The second-order valence-electron chi connectivity index (χ2n) is 8.42. The predicted molar refractivity (Wildman–Crippen MR) is 104 cm³/mol. The number of aliphatic hydroxyl groups is 2. The van der Waals surface area contributed by atoms with E-state index in [2.05, 4.69) is 24.1 Å². The van der Waals surface area contributed by atoms with Crippen molar-refractivity contribution in [3.05, 3.63) is 29.3 Å². The summed E-state index contributed by atoms with van der Waals surface area (Å²) in [6.45, 7) is 1.22. The average molecular weight is 407 g/mol. The van der Waals surface area contributed by atoms with E-state index in [0.29, 0.717) is 11.2 Å². The fourth-order valence-electron chi connectivity index (χ4n) is 5.45. The number of hydrogen-bond acceptors (Lipinski definition) is 6. The lowest BCUT2D eigenvalue weighted by Gasteiger charge is -2.58. The van der Waals surface area contributed by atoms with E-state index < -0.39 is 24.1 Å². The second-order valence-corrected chi connectivity index (χ2v) is 8.42. The topological polar surface area (TPSA) is 139 Å². The summed E-state index contributed by atoms with van der Waals surface area (Å²) in [5.41, 5.74) is 3.36. The Kier molecular flexibility index (Phi) is 6.16. The van der Waals surface area contributed by atoms with Gasteiger partial charge in [-0.1, -0.05) is 18.9 Å². The number of piperidine rings is 1. The number of carboxylic acids is 2. The molecule has 0 spiro atoms. The van der Waals surface area contributed by atoms with E-state index in [1.54, 1.807) is 0 Å². The summed E-state index contributed by atoms with van der Waals surface area (Å²) < 4.78 is 0. The number of fused-ring (bicyclic) bond motifs is 1. The molecule has 1 heterocycles. The Balaban J connectivity index is 0.000000207. The molecule has 1 aromatic carbocycles. The molecule has 8 heteroatoms. The Morgan fingerprint density at radius 1 is 1.10 bits per heavy atom. The van der Waals surface area contributed by atoms with Gasteiger partial charge in [-0.3, -0.25) is 0 Å². The fourth-order valence-corrected chi connectivity index (χ4v) is 5.45. The zero-order valence-electron chi connectivity index (χ0n) is 16.5. The molecule has 8 nitrogen and oxygen atoms in total. The molecule has 0 unspecified atom stereocenters. The van der Waals surface area contributed by atoms with Crippen molar-refractivity contribution >= 4 is 11.9 Å². The first-order valence-electron chi connectivity index (χ1n) is 10.0. The number of likely N-dealkylation sites (tertiary alicyclic amines) is 1. The van der Waals surface area contributed by atoms with E-state index in [-0.39, 0.29) is 0 Å². The summed E-state index contributed by atoms with van der Waals surface area (Å²) in [6, 6.07) is 6.85. The monoisotopic (exact) mass is 407 g/mol. The number of nitrogens with zero attached hydrogens (tertiary/aromatic N) is 1. The number of carbonyl (C=O) groups is 2. The van der Waals surface area contributed by atoms with Crippen molar-refractivity contribution in [2.75, 3.05) is 13.6 Å². The zero-order valence-corrected chi connectivity index (χ0v) is 16.5. The van der Waals surface area contributed by atoms with Gasteiger partial charge in [0.1, 0.15) is 5.75 Å². The third-order valence-electron chi connectivity index (χ3n) is 6.90. The van der Waals surface area contributed by atoms with Gasteiger partial charge < -0.3 is 30.4 Å². The highest BCUT2D eigenvalue weighted by molar-refractivity contribution is 5.83. The third-order valence-corrected chi connectivity index (χ3v) is 6.90. The van der Waals surface area contributed by atoms with Crippen LogP contribution in [0.4, 0.5) is 0 Å². The molecule has 1 aliphatic heterocycles. The molecule has 2 bridgehead atoms. The standard InChI is InChI=1S/C17H23NO.C4H6O6/c1-18-9-8-17-7-3-2-4-14(17)16(18)10-12-5-6-13(19)11-15(12)17;5-1(3(7)8)2(6)4(9)10/h5-6,11,14,16,19H,2-4,7-10H2,1H3;1-2,5-6H,(H,7,8)(H,9,10)/t14-,16+,17+;1-,2-/m10/s1. The first-order chi connectivity index (χ1) is 13.7. The number of hydrogen-bond donors (Lipinski definition) is 5. The lowest BCUT2D eigenvalue weighted by Crippen LogP contribution is -2.59. The van der Waals surface area contributed by atoms with Gasteiger partial charge in [-0.05, 0) is 68.5 Å². The molecular weight excluding hydrogens is 378 g/mol. The Morgan fingerprint density at radius 2 is 1.76 bits per heavy atom. The highest BCUT2D eigenvalue weighted by atomic mass is 16.4. The van der Waals surface area contributed by atoms with Crippen molar-refractivity contribution in [3.8, 4) is 5.75 Å². The van der Waals surface area contributed by atoms with E-state index in [1.165, 1.54) is 56.2 Å². The number of rotatable bonds is 3. The lowest BCUT2D eigenvalue weighted by molar-refractivity contribution is -0.165. The number of aromatic hydroxyl groups is 1. The van der Waals surface area contributed by atoms with Crippen LogP contribution in [0.2, 0.25) is 0 Å². The fraction of sp³-hybridized carbons (Fsp3) is 0.619. The van der Waals surface area contributed by atoms with Gasteiger partial charge in [0.05, 0.1) is 0 Å². The maximum absolute atomic E-state index is 9.91. The van der Waals surface area contributed by atoms with Crippen LogP contribution in [-0.2, 0) is 21.4 Å². The molecule has 1 saturated carbocycles. The van der Waals surface area contributed by atoms with E-state index >= 15 is 0 Å². The van der Waals surface area contributed by atoms with Gasteiger partial charge in [0.2, 0.25) is 0 Å². The quantitative estimate of drug-likeness (QED) is 0.499. The van der Waals surface area contributed by atoms with Gasteiger partial charge in [0, 0.05) is 11.5 Å². The zero-order chi connectivity index (χ0) is 21.3. The van der Waals surface area contributed by atoms with Crippen molar-refractivity contribution in [1.82, 2.24) is 4.90 Å². The summed E-state index contributed by atoms with van der Waals surface area (Å²) in [5, 5.41) is 42.4. The number of carboxylic acid groups (broad SMARTS) is 2. The largest absolute Gasteiger partial charge is 0.508 e. The first-order valence-corrected chi connectivity index (χ1v) is 10.0. The highest BCUT2D eigenvalue weighted by Crippen LogP contribution is 2.55. The van der Waals surface area contributed by atoms with Gasteiger partial charge in [0.25, 0.3) is 0 Å². The molecule has 1 aromatic rings. The van der Waals surface area contributed by atoms with Gasteiger partial charge in [-0.25, -0.2) is 9.59 Å². The molecule has 5 N–H and O–H groups in total. The molecule has 160 valence electrons. The summed E-state index contributed by atoms with van der Waals surface area (Å²) >= 11 is 0. The summed E-state index contributed by atoms with van der Waals surface area (Å²) in [5.74, 6) is -2.27. The number of benzene rings is 1. The van der Waals surface area contributed by atoms with Crippen LogP contribution in [0.5, 0.6) is 5.75 Å². The number of phenolic OH excluding ortho intramolecular Hbond substituents is 1. The maximum Gasteiger partial charge on any atom is 0.335 e. The molecule has 3 aliphatic rings. The van der Waals surface area contributed by atoms with Gasteiger partial charge in [-0.2, -0.15) is 0 Å². The number of phenols is 1. The van der Waals surface area contributed by atoms with Crippen molar-refractivity contribution in [2.24, 2.45) is 5.92 Å². The highest BCUT2D eigenvalue weighted by Gasteiger charge is 2.53. The maximum atomic E-state index is 9.91. The Hall–Kier alpha value is -2.16. The third kappa shape index (κ3) is 3.97. The smallest absolute Gasteiger partial charge is 0.335 e. The second kappa shape index (κ2) is 8.30. The van der Waals surface area contributed by atoms with Crippen molar-refractivity contribution in [2.45, 2.75) is 62.2 Å². The average Bonchev–Trinajstić information content (AvgIpc) is 2.70. The van der Waals surface area contributed by atoms with E-state index in [0.717, 1.165) is 12.0 Å². The van der Waals surface area contributed by atoms with Crippen LogP contribution in [0.25, 0.3) is 0 Å². The predicted octanol–water partition coefficient (Wildman–Crippen LogP) is 0.958. The molecule has 2 aliphatic carbocycles. The van der Waals surface area contributed by atoms with E-state index in [9.17, 15) is 14.7 Å². The normalized spacial score (nSPS) is 30.0. The molecular formula is C21H29NO7. The van der Waals surface area contributed by atoms with Crippen LogP contribution < -0.4 is 0 Å². The molecule has 2 fully saturated rings. The van der Waals surface area contributed by atoms with Crippen molar-refractivity contribution in [1.29, 1.82) is 0 Å². The SMILES string of the molecule is CN1CC[C@@]23CCCC[C@@H]2[C@@H]1Cc1ccc(O)cc13.O=C(O)[C@@H](O)[C@H](O)C(=O)O. The van der Waals surface area contributed by atoms with Crippen LogP contribution in [0.3, 0.4) is 0 Å². The lowest BCUT2D eigenvalue weighted by atomic mass is 9.52. The minimum absolute atomic E-state index is 0.377. The van der Waals surface area contributed by atoms with E-state index in [4.69, 9.17) is 20.4 Å². The van der Waals surface area contributed by atoms with Crippen LogP contribution in [0.1, 0.15) is 43.2 Å². The van der Waals surface area contributed by atoms with Crippen LogP contribution in [-0.4, -0.2) is 74.2 Å². The van der Waals surface area contributed by atoms with Gasteiger partial charge in [0.15, 0.2) is 12.2 Å². The van der Waals surface area contributed by atoms with Crippen molar-refractivity contribution < 1.29 is 35.1 Å². The minimum Gasteiger partial charge on any atom is -0.508 e. The van der Waals surface area contributed by atoms with Gasteiger partial charge in [-0.15, -0.1) is 0 Å². The Bertz CT molecular complexity index is 764. The molecule has 0 aromatic heterocycles. The molecule has 5 atom stereocenters. The molecule has 4 rings (SSSR count). The van der Waals surface area contributed by atoms with Crippen molar-refractivity contribution in [3.63, 3.8) is 0 Å². The molecule has 29 heavy (non-hydrogen) atoms. The number of likely N-dealkylation sites (N-methyl/N-ethyl adjacent to an activating group) is 1. The number of aliphatic hydroxyl groups excluding tert-OH is 2. The van der Waals surface area contributed by atoms with Gasteiger partial charge >= 0.3 is 11.9 Å². The van der Waals surface area contributed by atoms with E-state index in [1.807, 2.05) is 6.07 Å². The molecule has 0 radical (unpaired) electrons. The molecule has 0 amide bonds. The minimum atomic E-state index is -2.27. The summed E-state index contributed by atoms with van der Waals surface area (Å²) in [7, 11) is 2.30. The Morgan fingerprint density at radius 3 is 2.38 bits per heavy atom. The summed E-state index contributed by atoms with van der Waals surface area (Å²) in [6.07, 6.45) is 3.39. The van der Waals surface area contributed by atoms with Crippen LogP contribution in [0, 0.1) is 5.92 Å². The first kappa shape index (κ1) is 21.5. The summed E-state index contributed by atoms with van der Waals surface area (Å²) in [4.78, 5) is 22.1.